The van der Waals surface area contributed by atoms with Crippen molar-refractivity contribution in [2.24, 2.45) is 5.41 Å². The highest BCUT2D eigenvalue weighted by Gasteiger charge is 2.53. The van der Waals surface area contributed by atoms with Crippen LogP contribution in [0.3, 0.4) is 0 Å². The van der Waals surface area contributed by atoms with Crippen LogP contribution < -0.4 is 0 Å². The molecule has 0 atom stereocenters. The molecule has 0 saturated heterocycles. The summed E-state index contributed by atoms with van der Waals surface area (Å²) in [5.41, 5.74) is 0.948. The van der Waals surface area contributed by atoms with Crippen molar-refractivity contribution in [2.45, 2.75) is 38.7 Å². The lowest BCUT2D eigenvalue weighted by Crippen LogP contribution is -2.34. The number of hydrogen-bond acceptors (Lipinski definition) is 1. The van der Waals surface area contributed by atoms with Gasteiger partial charge in [0.1, 0.15) is 0 Å². The lowest BCUT2D eigenvalue weighted by atomic mass is 9.82. The van der Waals surface area contributed by atoms with E-state index in [0.29, 0.717) is 0 Å². The Morgan fingerprint density at radius 1 is 1.21 bits per heavy atom. The molecule has 1 heteroatoms. The maximum absolute atomic E-state index is 10.1. The first-order chi connectivity index (χ1) is 6.54. The fraction of sp³-hybridized carbons (Fsp3) is 0.538. The van der Waals surface area contributed by atoms with E-state index in [-0.39, 0.29) is 5.41 Å². The third kappa shape index (κ3) is 1.69. The van der Waals surface area contributed by atoms with Crippen LogP contribution in [0.4, 0.5) is 0 Å². The molecular formula is C13H18O. The minimum atomic E-state index is -0.539. The van der Waals surface area contributed by atoms with Crippen LogP contribution in [0.25, 0.3) is 0 Å². The van der Waals surface area contributed by atoms with Gasteiger partial charge < -0.3 is 5.11 Å². The number of benzene rings is 1. The average Bonchev–Trinajstić information content (AvgIpc) is 2.86. The Kier molecular flexibility index (Phi) is 2.15. The molecule has 0 unspecified atom stereocenters. The maximum Gasteiger partial charge on any atom is 0.0650 e. The summed E-state index contributed by atoms with van der Waals surface area (Å²) in [6, 6.07) is 10.5. The van der Waals surface area contributed by atoms with Crippen molar-refractivity contribution in [1.29, 1.82) is 0 Å². The molecule has 0 bridgehead atoms. The molecule has 0 aliphatic heterocycles. The van der Waals surface area contributed by atoms with Crippen LogP contribution in [0.5, 0.6) is 0 Å². The van der Waals surface area contributed by atoms with Crippen LogP contribution in [0, 0.1) is 5.41 Å². The van der Waals surface area contributed by atoms with Crippen molar-refractivity contribution < 1.29 is 5.11 Å². The molecule has 1 fully saturated rings. The summed E-state index contributed by atoms with van der Waals surface area (Å²) < 4.78 is 0. The standard InChI is InChI=1S/C13H18O/c1-12(2,14)13(8-9-13)10-11-6-4-3-5-7-11/h3-7,14H,8-10H2,1-2H3. The van der Waals surface area contributed by atoms with Crippen molar-refractivity contribution in [3.8, 4) is 0 Å². The molecule has 1 aromatic carbocycles. The second-order valence-electron chi connectivity index (χ2n) is 5.00. The van der Waals surface area contributed by atoms with E-state index >= 15 is 0 Å². The quantitative estimate of drug-likeness (QED) is 0.777. The molecule has 0 spiro atoms. The van der Waals surface area contributed by atoms with Gasteiger partial charge in [0, 0.05) is 5.41 Å². The van der Waals surface area contributed by atoms with Crippen molar-refractivity contribution >= 4 is 0 Å². The topological polar surface area (TPSA) is 20.2 Å². The third-order valence-electron chi connectivity index (χ3n) is 3.54. The van der Waals surface area contributed by atoms with E-state index in [1.54, 1.807) is 0 Å². The van der Waals surface area contributed by atoms with Crippen molar-refractivity contribution in [1.82, 2.24) is 0 Å². The second-order valence-corrected chi connectivity index (χ2v) is 5.00. The molecule has 2 rings (SSSR count). The number of hydrogen-bond donors (Lipinski definition) is 1. The number of aliphatic hydroxyl groups is 1. The van der Waals surface area contributed by atoms with E-state index in [2.05, 4.69) is 24.3 Å². The predicted molar refractivity (Wildman–Crippen MR) is 58.1 cm³/mol. The van der Waals surface area contributed by atoms with Gasteiger partial charge in [0.15, 0.2) is 0 Å². The van der Waals surface area contributed by atoms with Gasteiger partial charge >= 0.3 is 0 Å². The van der Waals surface area contributed by atoms with Crippen LogP contribution in [0.2, 0.25) is 0 Å². The smallest absolute Gasteiger partial charge is 0.0650 e. The summed E-state index contributed by atoms with van der Waals surface area (Å²) in [5.74, 6) is 0. The first-order valence-corrected chi connectivity index (χ1v) is 5.30. The second kappa shape index (κ2) is 3.09. The van der Waals surface area contributed by atoms with Gasteiger partial charge in [-0.3, -0.25) is 0 Å². The van der Waals surface area contributed by atoms with E-state index in [1.807, 2.05) is 19.9 Å². The first-order valence-electron chi connectivity index (χ1n) is 5.30. The van der Waals surface area contributed by atoms with Crippen LogP contribution >= 0.6 is 0 Å². The zero-order chi connectivity index (χ0) is 10.2. The molecule has 0 radical (unpaired) electrons. The summed E-state index contributed by atoms with van der Waals surface area (Å²) in [6.07, 6.45) is 3.33. The normalized spacial score (nSPS) is 19.4. The summed E-state index contributed by atoms with van der Waals surface area (Å²) in [6.45, 7) is 3.87. The van der Waals surface area contributed by atoms with Crippen LogP contribution in [-0.4, -0.2) is 10.7 Å². The highest BCUT2D eigenvalue weighted by molar-refractivity contribution is 5.20. The Bertz CT molecular complexity index is 304. The molecule has 1 aliphatic rings. The Balaban J connectivity index is 2.13. The Morgan fingerprint density at radius 2 is 1.79 bits per heavy atom. The lowest BCUT2D eigenvalue weighted by molar-refractivity contribution is 0.00223. The molecule has 0 aromatic heterocycles. The largest absolute Gasteiger partial charge is 0.390 e. The average molecular weight is 190 g/mol. The highest BCUT2D eigenvalue weighted by Crippen LogP contribution is 2.56. The molecule has 0 heterocycles. The third-order valence-corrected chi connectivity index (χ3v) is 3.54. The zero-order valence-electron chi connectivity index (χ0n) is 8.96. The van der Waals surface area contributed by atoms with Gasteiger partial charge in [0.05, 0.1) is 5.60 Å². The summed E-state index contributed by atoms with van der Waals surface area (Å²) in [7, 11) is 0. The van der Waals surface area contributed by atoms with Gasteiger partial charge in [-0.2, -0.15) is 0 Å². The Labute approximate surface area is 85.8 Å². The van der Waals surface area contributed by atoms with Gasteiger partial charge in [0.25, 0.3) is 0 Å². The van der Waals surface area contributed by atoms with Crippen molar-refractivity contribution in [3.05, 3.63) is 35.9 Å². The fourth-order valence-electron chi connectivity index (χ4n) is 2.14. The van der Waals surface area contributed by atoms with Gasteiger partial charge in [-0.15, -0.1) is 0 Å². The zero-order valence-corrected chi connectivity index (χ0v) is 8.96. The predicted octanol–water partition coefficient (Wildman–Crippen LogP) is 2.78. The fourth-order valence-corrected chi connectivity index (χ4v) is 2.14. The first kappa shape index (κ1) is 9.72. The molecule has 1 nitrogen and oxygen atoms in total. The lowest BCUT2D eigenvalue weighted by Gasteiger charge is -2.29. The van der Waals surface area contributed by atoms with Crippen LogP contribution in [-0.2, 0) is 6.42 Å². The van der Waals surface area contributed by atoms with E-state index in [9.17, 15) is 5.11 Å². The summed E-state index contributed by atoms with van der Waals surface area (Å²) in [4.78, 5) is 0. The van der Waals surface area contributed by atoms with E-state index in [0.717, 1.165) is 19.3 Å². The molecule has 14 heavy (non-hydrogen) atoms. The molecule has 1 aromatic rings. The van der Waals surface area contributed by atoms with Crippen molar-refractivity contribution in [3.63, 3.8) is 0 Å². The highest BCUT2D eigenvalue weighted by atomic mass is 16.3. The molecule has 1 saturated carbocycles. The monoisotopic (exact) mass is 190 g/mol. The van der Waals surface area contributed by atoms with Gasteiger partial charge in [-0.05, 0) is 38.7 Å². The molecule has 1 aliphatic carbocycles. The Hall–Kier alpha value is -0.820. The molecule has 0 amide bonds. The van der Waals surface area contributed by atoms with Crippen LogP contribution in [0.15, 0.2) is 30.3 Å². The SMILES string of the molecule is CC(C)(O)C1(Cc2ccccc2)CC1. The van der Waals surface area contributed by atoms with Crippen molar-refractivity contribution in [2.75, 3.05) is 0 Å². The molecule has 76 valence electrons. The minimum absolute atomic E-state index is 0.147. The van der Waals surface area contributed by atoms with Crippen LogP contribution in [0.1, 0.15) is 32.3 Å². The maximum atomic E-state index is 10.1. The van der Waals surface area contributed by atoms with E-state index in [1.165, 1.54) is 5.56 Å². The van der Waals surface area contributed by atoms with E-state index < -0.39 is 5.60 Å². The Morgan fingerprint density at radius 3 is 2.21 bits per heavy atom. The summed E-state index contributed by atoms with van der Waals surface area (Å²) in [5, 5.41) is 10.1. The summed E-state index contributed by atoms with van der Waals surface area (Å²) >= 11 is 0. The van der Waals surface area contributed by atoms with Gasteiger partial charge in [-0.1, -0.05) is 30.3 Å². The van der Waals surface area contributed by atoms with Gasteiger partial charge in [-0.25, -0.2) is 0 Å². The minimum Gasteiger partial charge on any atom is -0.390 e. The van der Waals surface area contributed by atoms with Gasteiger partial charge in [0.2, 0.25) is 0 Å². The molecular weight excluding hydrogens is 172 g/mol. The molecule has 1 N–H and O–H groups in total. The number of rotatable bonds is 3. The van der Waals surface area contributed by atoms with E-state index in [4.69, 9.17) is 0 Å².